The van der Waals surface area contributed by atoms with Gasteiger partial charge in [-0.15, -0.1) is 0 Å². The summed E-state index contributed by atoms with van der Waals surface area (Å²) in [7, 11) is 1.33. The average molecular weight is 370 g/mol. The largest absolute Gasteiger partial charge is 0.465 e. The summed E-state index contributed by atoms with van der Waals surface area (Å²) in [6, 6.07) is 3.60. The van der Waals surface area contributed by atoms with Gasteiger partial charge in [0.15, 0.2) is 0 Å². The molecular weight excluding hydrogens is 350 g/mol. The van der Waals surface area contributed by atoms with Crippen LogP contribution in [0.2, 0.25) is 0 Å². The highest BCUT2D eigenvalue weighted by atomic mass is 79.9. The predicted molar refractivity (Wildman–Crippen MR) is 87.4 cm³/mol. The number of hydrogen-bond donors (Lipinski definition) is 0. The van der Waals surface area contributed by atoms with E-state index in [2.05, 4.69) is 15.9 Å². The number of hydrogen-bond acceptors (Lipinski definition) is 4. The Morgan fingerprint density at radius 2 is 1.95 bits per heavy atom. The molecule has 1 aromatic carbocycles. The number of benzene rings is 1. The van der Waals surface area contributed by atoms with Crippen molar-refractivity contribution < 1.29 is 19.1 Å². The molecule has 2 rings (SSSR count). The number of fused-ring (bicyclic) bond motifs is 1. The minimum Gasteiger partial charge on any atom is -0.465 e. The van der Waals surface area contributed by atoms with Gasteiger partial charge in [-0.2, -0.15) is 0 Å². The number of nitrogens with zero attached hydrogens (tertiary/aromatic N) is 1. The van der Waals surface area contributed by atoms with Gasteiger partial charge in [0, 0.05) is 11.0 Å². The summed E-state index contributed by atoms with van der Waals surface area (Å²) in [5.74, 6) is -0.465. The number of carbonyl (C=O) groups is 2. The molecule has 1 amide bonds. The van der Waals surface area contributed by atoms with Gasteiger partial charge in [-0.25, -0.2) is 9.59 Å². The first-order valence-electron chi connectivity index (χ1n) is 7.14. The molecule has 22 heavy (non-hydrogen) atoms. The van der Waals surface area contributed by atoms with Crippen LogP contribution in [0.15, 0.2) is 16.6 Å². The Labute approximate surface area is 138 Å². The maximum Gasteiger partial charge on any atom is 0.414 e. The summed E-state index contributed by atoms with van der Waals surface area (Å²) >= 11 is 3.40. The molecule has 0 aromatic heterocycles. The van der Waals surface area contributed by atoms with Gasteiger partial charge in [0.05, 0.1) is 18.4 Å². The Morgan fingerprint density at radius 1 is 1.27 bits per heavy atom. The highest BCUT2D eigenvalue weighted by Crippen LogP contribution is 2.35. The SMILES string of the molecule is COC(=O)c1cc(Br)cc2c1N(C(=O)OC(C)(C)C)CCC2. The second-order valence-corrected chi connectivity index (χ2v) is 7.10. The summed E-state index contributed by atoms with van der Waals surface area (Å²) in [6.45, 7) is 5.98. The monoisotopic (exact) mass is 369 g/mol. The normalized spacial score (nSPS) is 14.3. The van der Waals surface area contributed by atoms with Gasteiger partial charge in [-0.05, 0) is 51.3 Å². The summed E-state index contributed by atoms with van der Waals surface area (Å²) in [5.41, 5.74) is 1.31. The summed E-state index contributed by atoms with van der Waals surface area (Å²) < 4.78 is 11.1. The van der Waals surface area contributed by atoms with Gasteiger partial charge in [0.2, 0.25) is 0 Å². The molecule has 1 aromatic rings. The van der Waals surface area contributed by atoms with Crippen molar-refractivity contribution in [3.05, 3.63) is 27.7 Å². The Kier molecular flexibility index (Phi) is 4.80. The molecule has 6 heteroatoms. The predicted octanol–water partition coefficient (Wildman–Crippen LogP) is 3.92. The van der Waals surface area contributed by atoms with Gasteiger partial charge >= 0.3 is 12.1 Å². The van der Waals surface area contributed by atoms with E-state index in [1.54, 1.807) is 6.07 Å². The van der Waals surface area contributed by atoms with E-state index in [-0.39, 0.29) is 0 Å². The van der Waals surface area contributed by atoms with E-state index in [1.807, 2.05) is 26.8 Å². The zero-order valence-corrected chi connectivity index (χ0v) is 14.8. The van der Waals surface area contributed by atoms with E-state index >= 15 is 0 Å². The number of halogens is 1. The zero-order valence-electron chi connectivity index (χ0n) is 13.2. The lowest BCUT2D eigenvalue weighted by Gasteiger charge is -2.33. The Hall–Kier alpha value is -1.56. The second-order valence-electron chi connectivity index (χ2n) is 6.19. The lowest BCUT2D eigenvalue weighted by molar-refractivity contribution is 0.0576. The summed E-state index contributed by atoms with van der Waals surface area (Å²) in [5, 5.41) is 0. The van der Waals surface area contributed by atoms with Gasteiger partial charge < -0.3 is 9.47 Å². The minimum atomic E-state index is -0.588. The Bertz CT molecular complexity index is 607. The van der Waals surface area contributed by atoms with Crippen LogP contribution in [0.25, 0.3) is 0 Å². The molecule has 0 radical (unpaired) electrons. The first-order valence-corrected chi connectivity index (χ1v) is 7.93. The average Bonchev–Trinajstić information content (AvgIpc) is 2.42. The fraction of sp³-hybridized carbons (Fsp3) is 0.500. The maximum atomic E-state index is 12.5. The molecule has 1 heterocycles. The van der Waals surface area contributed by atoms with Crippen molar-refractivity contribution >= 4 is 33.7 Å². The molecular formula is C16H20BrNO4. The second kappa shape index (κ2) is 6.28. The third-order valence-electron chi connectivity index (χ3n) is 3.27. The molecule has 0 atom stereocenters. The van der Waals surface area contributed by atoms with Crippen molar-refractivity contribution in [2.24, 2.45) is 0 Å². The third kappa shape index (κ3) is 3.61. The van der Waals surface area contributed by atoms with E-state index in [1.165, 1.54) is 12.0 Å². The van der Waals surface area contributed by atoms with Crippen LogP contribution in [0.5, 0.6) is 0 Å². The molecule has 1 aliphatic rings. The third-order valence-corrected chi connectivity index (χ3v) is 3.73. The van der Waals surface area contributed by atoms with E-state index in [4.69, 9.17) is 9.47 Å². The molecule has 0 saturated heterocycles. The van der Waals surface area contributed by atoms with Crippen molar-refractivity contribution in [3.8, 4) is 0 Å². The smallest absolute Gasteiger partial charge is 0.414 e. The highest BCUT2D eigenvalue weighted by molar-refractivity contribution is 9.10. The quantitative estimate of drug-likeness (QED) is 0.703. The van der Waals surface area contributed by atoms with E-state index in [0.717, 1.165) is 22.9 Å². The number of methoxy groups -OCH3 is 1. The van der Waals surface area contributed by atoms with Crippen LogP contribution in [0.3, 0.4) is 0 Å². The number of ether oxygens (including phenoxy) is 2. The van der Waals surface area contributed by atoms with Gasteiger partial charge in [0.1, 0.15) is 5.60 Å². The topological polar surface area (TPSA) is 55.8 Å². The molecule has 0 fully saturated rings. The van der Waals surface area contributed by atoms with Crippen LogP contribution < -0.4 is 4.90 Å². The van der Waals surface area contributed by atoms with E-state index in [9.17, 15) is 9.59 Å². The maximum absolute atomic E-state index is 12.5. The first kappa shape index (κ1) is 16.8. The molecule has 0 N–H and O–H groups in total. The first-order chi connectivity index (χ1) is 10.2. The molecule has 0 spiro atoms. The fourth-order valence-electron chi connectivity index (χ4n) is 2.47. The summed E-state index contributed by atoms with van der Waals surface area (Å²) in [4.78, 5) is 26.1. The Balaban J connectivity index is 2.48. The number of esters is 1. The molecule has 5 nitrogen and oxygen atoms in total. The number of amides is 1. The minimum absolute atomic E-state index is 0.373. The van der Waals surface area contributed by atoms with E-state index in [0.29, 0.717) is 17.8 Å². The van der Waals surface area contributed by atoms with Crippen LogP contribution in [-0.2, 0) is 15.9 Å². The van der Waals surface area contributed by atoms with Crippen molar-refractivity contribution in [2.45, 2.75) is 39.2 Å². The van der Waals surface area contributed by atoms with Crippen LogP contribution in [0, 0.1) is 0 Å². The van der Waals surface area contributed by atoms with Crippen molar-refractivity contribution in [3.63, 3.8) is 0 Å². The number of rotatable bonds is 1. The standard InChI is InChI=1S/C16H20BrNO4/c1-16(2,3)22-15(20)18-7-5-6-10-8-11(17)9-12(13(10)18)14(19)21-4/h8-9H,5-7H2,1-4H3. The van der Waals surface area contributed by atoms with E-state index < -0.39 is 17.7 Å². The van der Waals surface area contributed by atoms with Gasteiger partial charge in [-0.1, -0.05) is 15.9 Å². The molecule has 1 aliphatic heterocycles. The lowest BCUT2D eigenvalue weighted by atomic mass is 9.98. The van der Waals surface area contributed by atoms with Gasteiger partial charge in [0.25, 0.3) is 0 Å². The lowest BCUT2D eigenvalue weighted by Crippen LogP contribution is -2.40. The number of aryl methyl sites for hydroxylation is 1. The molecule has 0 saturated carbocycles. The number of carbonyl (C=O) groups excluding carboxylic acids is 2. The fourth-order valence-corrected chi connectivity index (χ4v) is 2.97. The highest BCUT2D eigenvalue weighted by Gasteiger charge is 2.31. The van der Waals surface area contributed by atoms with Crippen molar-refractivity contribution in [1.29, 1.82) is 0 Å². The van der Waals surface area contributed by atoms with Crippen LogP contribution in [0.1, 0.15) is 43.1 Å². The van der Waals surface area contributed by atoms with Crippen LogP contribution in [0.4, 0.5) is 10.5 Å². The molecule has 0 aliphatic carbocycles. The van der Waals surface area contributed by atoms with Crippen LogP contribution in [-0.4, -0.2) is 31.3 Å². The molecule has 0 unspecified atom stereocenters. The van der Waals surface area contributed by atoms with Crippen LogP contribution >= 0.6 is 15.9 Å². The van der Waals surface area contributed by atoms with Crippen molar-refractivity contribution in [2.75, 3.05) is 18.6 Å². The van der Waals surface area contributed by atoms with Crippen molar-refractivity contribution in [1.82, 2.24) is 0 Å². The zero-order chi connectivity index (χ0) is 16.5. The molecule has 120 valence electrons. The molecule has 0 bridgehead atoms. The summed E-state index contributed by atoms with van der Waals surface area (Å²) in [6.07, 6.45) is 1.18. The Morgan fingerprint density at radius 3 is 2.55 bits per heavy atom. The van der Waals surface area contributed by atoms with Gasteiger partial charge in [-0.3, -0.25) is 4.90 Å². The number of anilines is 1.